The minimum atomic E-state index is -0.678. The highest BCUT2D eigenvalue weighted by molar-refractivity contribution is 6.48. The van der Waals surface area contributed by atoms with Crippen LogP contribution in [0.25, 0.3) is 0 Å². The molecule has 6 heteroatoms. The first-order valence-corrected chi connectivity index (χ1v) is 10.7. The summed E-state index contributed by atoms with van der Waals surface area (Å²) in [5, 5.41) is 11.3. The third kappa shape index (κ3) is 4.86. The van der Waals surface area contributed by atoms with E-state index in [9.17, 15) is 9.90 Å². The first-order chi connectivity index (χ1) is 13.4. The second-order valence-electron chi connectivity index (χ2n) is 11.5. The zero-order valence-electron chi connectivity index (χ0n) is 20.6. The van der Waals surface area contributed by atoms with Crippen molar-refractivity contribution in [1.29, 1.82) is 0 Å². The van der Waals surface area contributed by atoms with Gasteiger partial charge in [0.25, 0.3) is 0 Å². The molecule has 0 radical (unpaired) electrons. The van der Waals surface area contributed by atoms with Crippen LogP contribution in [0.1, 0.15) is 98.2 Å². The Labute approximate surface area is 182 Å². The van der Waals surface area contributed by atoms with E-state index in [-0.39, 0.29) is 29.0 Å². The Balaban J connectivity index is 2.70. The number of hydrogen-bond donors (Lipinski definition) is 1. The fourth-order valence-corrected chi connectivity index (χ4v) is 3.61. The molecule has 1 fully saturated rings. The van der Waals surface area contributed by atoms with Crippen LogP contribution in [0.2, 0.25) is 0 Å². The fourth-order valence-electron chi connectivity index (χ4n) is 3.61. The number of aromatic hydroxyl groups is 1. The molecule has 0 spiro atoms. The lowest BCUT2D eigenvalue weighted by Gasteiger charge is -2.32. The third-order valence-corrected chi connectivity index (χ3v) is 6.43. The Hall–Kier alpha value is -1.53. The van der Waals surface area contributed by atoms with Crippen LogP contribution in [0.4, 0.5) is 0 Å². The lowest BCUT2D eigenvalue weighted by molar-refractivity contribution is -0.140. The topological polar surface area (TPSA) is 65.0 Å². The molecule has 1 aliphatic rings. The summed E-state index contributed by atoms with van der Waals surface area (Å²) in [7, 11) is 0.693. The van der Waals surface area contributed by atoms with Crippen molar-refractivity contribution in [2.45, 2.75) is 104 Å². The molecule has 1 N–H and O–H groups in total. The van der Waals surface area contributed by atoms with Crippen LogP contribution in [0.3, 0.4) is 0 Å². The molecule has 1 unspecified atom stereocenters. The van der Waals surface area contributed by atoms with Crippen molar-refractivity contribution in [3.8, 4) is 5.75 Å². The number of phenols is 1. The molecule has 1 aliphatic heterocycles. The lowest BCUT2D eigenvalue weighted by Crippen LogP contribution is -2.41. The van der Waals surface area contributed by atoms with Crippen molar-refractivity contribution in [2.24, 2.45) is 0 Å². The Bertz CT molecular complexity index is 783. The standard InChI is InChI=1S/C24H39BO5/c1-21(2,3)15-12-16(20(27)17(13-15)22(4,5)6)18(14-19(26)28-11)25-29-23(7,8)24(9,10)30-25/h12-13,18,27H,14H2,1-11H3. The largest absolute Gasteiger partial charge is 0.507 e. The Kier molecular flexibility index (Phi) is 6.49. The second-order valence-corrected chi connectivity index (χ2v) is 11.5. The van der Waals surface area contributed by atoms with Crippen molar-refractivity contribution in [2.75, 3.05) is 7.11 Å². The van der Waals surface area contributed by atoms with Gasteiger partial charge in [-0.15, -0.1) is 0 Å². The summed E-state index contributed by atoms with van der Waals surface area (Å²) in [6.45, 7) is 20.6. The second kappa shape index (κ2) is 7.87. The third-order valence-electron chi connectivity index (χ3n) is 6.43. The number of ether oxygens (including phenoxy) is 1. The van der Waals surface area contributed by atoms with Crippen molar-refractivity contribution >= 4 is 13.1 Å². The van der Waals surface area contributed by atoms with Crippen LogP contribution < -0.4 is 0 Å². The molecule has 1 atom stereocenters. The van der Waals surface area contributed by atoms with Gasteiger partial charge >= 0.3 is 13.1 Å². The molecule has 2 rings (SSSR count). The molecule has 1 aromatic carbocycles. The van der Waals surface area contributed by atoms with Gasteiger partial charge < -0.3 is 19.2 Å². The SMILES string of the molecule is COC(=O)CC(B1OC(C)(C)C(C)(C)O1)c1cc(C(C)(C)C)cc(C(C)(C)C)c1O. The molecule has 5 nitrogen and oxygen atoms in total. The number of benzene rings is 1. The van der Waals surface area contributed by atoms with Crippen molar-refractivity contribution < 1.29 is 23.9 Å². The molecular weight excluding hydrogens is 379 g/mol. The van der Waals surface area contributed by atoms with Crippen LogP contribution in [0.15, 0.2) is 12.1 Å². The number of phenolic OH excluding ortho intramolecular Hbond substituents is 1. The summed E-state index contributed by atoms with van der Waals surface area (Å²) in [5.74, 6) is -0.673. The predicted molar refractivity (Wildman–Crippen MR) is 121 cm³/mol. The lowest BCUT2D eigenvalue weighted by atomic mass is 9.64. The van der Waals surface area contributed by atoms with Gasteiger partial charge in [0, 0.05) is 5.82 Å². The van der Waals surface area contributed by atoms with E-state index in [0.717, 1.165) is 11.1 Å². The normalized spacial score (nSPS) is 19.6. The number of carbonyl (C=O) groups is 1. The average molecular weight is 418 g/mol. The molecule has 1 heterocycles. The predicted octanol–water partition coefficient (Wildman–Crippen LogP) is 5.27. The summed E-state index contributed by atoms with van der Waals surface area (Å²) in [6.07, 6.45) is 0.0536. The summed E-state index contributed by atoms with van der Waals surface area (Å²) >= 11 is 0. The smallest absolute Gasteiger partial charge is 0.466 e. The first-order valence-electron chi connectivity index (χ1n) is 10.7. The van der Waals surface area contributed by atoms with Gasteiger partial charge in [0.2, 0.25) is 0 Å². The van der Waals surface area contributed by atoms with Crippen LogP contribution in [0, 0.1) is 0 Å². The van der Waals surface area contributed by atoms with E-state index in [1.165, 1.54) is 7.11 Å². The van der Waals surface area contributed by atoms with Gasteiger partial charge in [-0.25, -0.2) is 0 Å². The molecule has 0 bridgehead atoms. The fraction of sp³-hybridized carbons (Fsp3) is 0.708. The zero-order chi connectivity index (χ0) is 23.3. The number of methoxy groups -OCH3 is 1. The summed E-state index contributed by atoms with van der Waals surface area (Å²) in [6, 6.07) is 4.06. The van der Waals surface area contributed by atoms with Gasteiger partial charge in [0.05, 0.1) is 24.7 Å². The monoisotopic (exact) mass is 418 g/mol. The Morgan fingerprint density at radius 3 is 1.93 bits per heavy atom. The van der Waals surface area contributed by atoms with E-state index in [0.29, 0.717) is 5.56 Å². The van der Waals surface area contributed by atoms with E-state index in [2.05, 4.69) is 47.6 Å². The summed E-state index contributed by atoms with van der Waals surface area (Å²) in [5.41, 5.74) is 1.10. The maximum Gasteiger partial charge on any atom is 0.466 e. The van der Waals surface area contributed by atoms with Crippen molar-refractivity contribution in [1.82, 2.24) is 0 Å². The minimum absolute atomic E-state index is 0.0536. The zero-order valence-corrected chi connectivity index (χ0v) is 20.6. The van der Waals surface area contributed by atoms with Crippen LogP contribution in [-0.4, -0.2) is 36.5 Å². The highest BCUT2D eigenvalue weighted by Crippen LogP contribution is 2.46. The number of esters is 1. The maximum absolute atomic E-state index is 12.3. The Morgan fingerprint density at radius 2 is 1.53 bits per heavy atom. The van der Waals surface area contributed by atoms with Gasteiger partial charge in [-0.2, -0.15) is 0 Å². The first kappa shape index (κ1) is 24.7. The van der Waals surface area contributed by atoms with Crippen LogP contribution >= 0.6 is 0 Å². The highest BCUT2D eigenvalue weighted by atomic mass is 16.7. The van der Waals surface area contributed by atoms with Gasteiger partial charge in [-0.05, 0) is 55.2 Å². The van der Waals surface area contributed by atoms with Gasteiger partial charge in [-0.3, -0.25) is 4.79 Å². The molecule has 0 saturated carbocycles. The van der Waals surface area contributed by atoms with Crippen LogP contribution in [0.5, 0.6) is 5.75 Å². The van der Waals surface area contributed by atoms with Crippen LogP contribution in [-0.2, 0) is 29.7 Å². The van der Waals surface area contributed by atoms with E-state index < -0.39 is 24.1 Å². The van der Waals surface area contributed by atoms with E-state index in [4.69, 9.17) is 14.0 Å². The van der Waals surface area contributed by atoms with Gasteiger partial charge in [0.15, 0.2) is 0 Å². The molecule has 1 saturated heterocycles. The van der Waals surface area contributed by atoms with E-state index >= 15 is 0 Å². The van der Waals surface area contributed by atoms with Crippen molar-refractivity contribution in [3.05, 3.63) is 28.8 Å². The molecule has 30 heavy (non-hydrogen) atoms. The van der Waals surface area contributed by atoms with E-state index in [1.54, 1.807) is 0 Å². The molecule has 0 aromatic heterocycles. The Morgan fingerprint density at radius 1 is 1.03 bits per heavy atom. The molecule has 0 aliphatic carbocycles. The molecule has 0 amide bonds. The summed E-state index contributed by atoms with van der Waals surface area (Å²) in [4.78, 5) is 12.3. The number of rotatable bonds is 4. The minimum Gasteiger partial charge on any atom is -0.507 e. The highest BCUT2D eigenvalue weighted by Gasteiger charge is 2.55. The van der Waals surface area contributed by atoms with Gasteiger partial charge in [0.1, 0.15) is 5.75 Å². The average Bonchev–Trinajstić information content (AvgIpc) is 2.78. The molecular formula is C24H39BO5. The number of hydrogen-bond acceptors (Lipinski definition) is 5. The molecule has 168 valence electrons. The van der Waals surface area contributed by atoms with E-state index in [1.807, 2.05) is 33.8 Å². The quantitative estimate of drug-likeness (QED) is 0.533. The van der Waals surface area contributed by atoms with Gasteiger partial charge in [-0.1, -0.05) is 53.7 Å². The maximum atomic E-state index is 12.3. The summed E-state index contributed by atoms with van der Waals surface area (Å²) < 4.78 is 17.6. The van der Waals surface area contributed by atoms with Crippen molar-refractivity contribution in [3.63, 3.8) is 0 Å². The molecule has 1 aromatic rings. The number of carbonyl (C=O) groups excluding carboxylic acids is 1.